The van der Waals surface area contributed by atoms with Gasteiger partial charge in [-0.25, -0.2) is 0 Å². The fraction of sp³-hybridized carbons (Fsp3) is 0.952. The predicted molar refractivity (Wildman–Crippen MR) is 102 cm³/mol. The first-order valence-corrected chi connectivity index (χ1v) is 10.4. The van der Waals surface area contributed by atoms with Gasteiger partial charge in [0, 0.05) is 45.2 Å². The molecular formula is C21H38N2O2. The van der Waals surface area contributed by atoms with Crippen molar-refractivity contribution in [2.45, 2.75) is 72.3 Å². The quantitative estimate of drug-likeness (QED) is 0.777. The molecule has 3 fully saturated rings. The van der Waals surface area contributed by atoms with Gasteiger partial charge >= 0.3 is 0 Å². The highest BCUT2D eigenvalue weighted by atomic mass is 16.5. The molecule has 1 amide bonds. The molecule has 1 aliphatic carbocycles. The Morgan fingerprint density at radius 2 is 1.68 bits per heavy atom. The molecule has 2 aliphatic heterocycles. The van der Waals surface area contributed by atoms with Crippen LogP contribution in [0, 0.1) is 16.7 Å². The Balaban J connectivity index is 1.46. The van der Waals surface area contributed by atoms with Gasteiger partial charge in [-0.05, 0) is 49.4 Å². The second-order valence-electron chi connectivity index (χ2n) is 10.2. The number of amides is 1. The van der Waals surface area contributed by atoms with Crippen molar-refractivity contribution in [1.82, 2.24) is 9.80 Å². The van der Waals surface area contributed by atoms with E-state index in [0.717, 1.165) is 58.6 Å². The molecule has 2 heterocycles. The normalized spacial score (nSPS) is 30.6. The molecular weight excluding hydrogens is 312 g/mol. The molecule has 2 saturated heterocycles. The minimum Gasteiger partial charge on any atom is -0.378 e. The number of hydrogen-bond acceptors (Lipinski definition) is 3. The lowest BCUT2D eigenvalue weighted by Crippen LogP contribution is -2.52. The first-order valence-electron chi connectivity index (χ1n) is 10.4. The first kappa shape index (κ1) is 19.2. The molecule has 25 heavy (non-hydrogen) atoms. The van der Waals surface area contributed by atoms with Gasteiger partial charge in [0.05, 0.1) is 6.10 Å². The number of ether oxygens (including phenoxy) is 1. The number of hydrogen-bond donors (Lipinski definition) is 0. The number of piperazine rings is 1. The van der Waals surface area contributed by atoms with Gasteiger partial charge in [-0.1, -0.05) is 27.7 Å². The monoisotopic (exact) mass is 350 g/mol. The molecule has 144 valence electrons. The Morgan fingerprint density at radius 3 is 2.24 bits per heavy atom. The standard InChI is InChI=1S/C21H38N2O2/c1-20(2)14-17(15-21(3,4)16-20)19(24)23-11-9-22(10-12-23)8-7-18-6-5-13-25-18/h17-18H,5-16H2,1-4H3. The van der Waals surface area contributed by atoms with Crippen molar-refractivity contribution < 1.29 is 9.53 Å². The van der Waals surface area contributed by atoms with E-state index in [4.69, 9.17) is 4.74 Å². The van der Waals surface area contributed by atoms with Crippen molar-refractivity contribution in [1.29, 1.82) is 0 Å². The van der Waals surface area contributed by atoms with Gasteiger partial charge in [0.2, 0.25) is 5.91 Å². The van der Waals surface area contributed by atoms with E-state index in [1.54, 1.807) is 0 Å². The smallest absolute Gasteiger partial charge is 0.225 e. The van der Waals surface area contributed by atoms with E-state index in [0.29, 0.717) is 12.0 Å². The third kappa shape index (κ3) is 5.19. The third-order valence-corrected chi connectivity index (χ3v) is 6.38. The molecule has 0 aromatic rings. The van der Waals surface area contributed by atoms with Gasteiger partial charge in [0.15, 0.2) is 0 Å². The Morgan fingerprint density at radius 1 is 1.04 bits per heavy atom. The summed E-state index contributed by atoms with van der Waals surface area (Å²) in [6.07, 6.45) is 7.40. The molecule has 0 aromatic carbocycles. The SMILES string of the molecule is CC1(C)CC(C(=O)N2CCN(CCC3CCCO3)CC2)CC(C)(C)C1. The van der Waals surface area contributed by atoms with Gasteiger partial charge in [-0.2, -0.15) is 0 Å². The topological polar surface area (TPSA) is 32.8 Å². The second kappa shape index (κ2) is 7.56. The predicted octanol–water partition coefficient (Wildman–Crippen LogP) is 3.55. The van der Waals surface area contributed by atoms with Crippen molar-refractivity contribution in [2.24, 2.45) is 16.7 Å². The minimum atomic E-state index is 0.220. The molecule has 4 heteroatoms. The van der Waals surface area contributed by atoms with E-state index >= 15 is 0 Å². The van der Waals surface area contributed by atoms with Crippen LogP contribution in [-0.4, -0.2) is 61.1 Å². The molecule has 1 unspecified atom stereocenters. The lowest BCUT2D eigenvalue weighted by atomic mass is 9.61. The lowest BCUT2D eigenvalue weighted by Gasteiger charge is -2.46. The van der Waals surface area contributed by atoms with Gasteiger partial charge in [-0.15, -0.1) is 0 Å². The molecule has 3 aliphatic rings. The summed E-state index contributed by atoms with van der Waals surface area (Å²) in [4.78, 5) is 17.7. The third-order valence-electron chi connectivity index (χ3n) is 6.38. The summed E-state index contributed by atoms with van der Waals surface area (Å²) in [5, 5.41) is 0. The molecule has 0 bridgehead atoms. The first-order chi connectivity index (χ1) is 11.7. The lowest BCUT2D eigenvalue weighted by molar-refractivity contribution is -0.142. The van der Waals surface area contributed by atoms with Gasteiger partial charge in [0.1, 0.15) is 0 Å². The van der Waals surface area contributed by atoms with E-state index in [-0.39, 0.29) is 16.7 Å². The average Bonchev–Trinajstić information content (AvgIpc) is 3.03. The van der Waals surface area contributed by atoms with Crippen LogP contribution in [0.3, 0.4) is 0 Å². The molecule has 0 aromatic heterocycles. The molecule has 0 N–H and O–H groups in total. The summed E-state index contributed by atoms with van der Waals surface area (Å²) in [6.45, 7) is 15.2. The van der Waals surface area contributed by atoms with Crippen LogP contribution >= 0.6 is 0 Å². The second-order valence-corrected chi connectivity index (χ2v) is 10.2. The van der Waals surface area contributed by atoms with Gasteiger partial charge in [0.25, 0.3) is 0 Å². The Hall–Kier alpha value is -0.610. The summed E-state index contributed by atoms with van der Waals surface area (Å²) in [6, 6.07) is 0. The van der Waals surface area contributed by atoms with Crippen LogP contribution in [0.5, 0.6) is 0 Å². The largest absolute Gasteiger partial charge is 0.378 e. The zero-order chi connectivity index (χ0) is 18.1. The minimum absolute atomic E-state index is 0.220. The van der Waals surface area contributed by atoms with Crippen LogP contribution in [0.15, 0.2) is 0 Å². The number of nitrogens with zero attached hydrogens (tertiary/aromatic N) is 2. The Kier molecular flexibility index (Phi) is 5.79. The van der Waals surface area contributed by atoms with Crippen LogP contribution in [0.25, 0.3) is 0 Å². The highest BCUT2D eigenvalue weighted by Crippen LogP contribution is 2.48. The van der Waals surface area contributed by atoms with Crippen molar-refractivity contribution in [3.05, 3.63) is 0 Å². The van der Waals surface area contributed by atoms with Gasteiger partial charge < -0.3 is 9.64 Å². The van der Waals surface area contributed by atoms with E-state index in [9.17, 15) is 4.79 Å². The molecule has 3 rings (SSSR count). The average molecular weight is 351 g/mol. The van der Waals surface area contributed by atoms with Crippen LogP contribution in [0.4, 0.5) is 0 Å². The summed E-state index contributed by atoms with van der Waals surface area (Å²) >= 11 is 0. The van der Waals surface area contributed by atoms with Crippen molar-refractivity contribution in [3.8, 4) is 0 Å². The number of carbonyl (C=O) groups excluding carboxylic acids is 1. The van der Waals surface area contributed by atoms with Crippen LogP contribution in [0.2, 0.25) is 0 Å². The maximum Gasteiger partial charge on any atom is 0.225 e. The molecule has 1 atom stereocenters. The van der Waals surface area contributed by atoms with E-state index in [1.165, 1.54) is 19.3 Å². The van der Waals surface area contributed by atoms with E-state index in [1.807, 2.05) is 0 Å². The van der Waals surface area contributed by atoms with Crippen molar-refractivity contribution >= 4 is 5.91 Å². The maximum atomic E-state index is 13.1. The zero-order valence-electron chi connectivity index (χ0n) is 16.9. The maximum absolute atomic E-state index is 13.1. The fourth-order valence-electron chi connectivity index (χ4n) is 5.67. The summed E-state index contributed by atoms with van der Waals surface area (Å²) in [7, 11) is 0. The molecule has 0 spiro atoms. The van der Waals surface area contributed by atoms with Gasteiger partial charge in [-0.3, -0.25) is 9.69 Å². The van der Waals surface area contributed by atoms with Crippen LogP contribution < -0.4 is 0 Å². The molecule has 1 saturated carbocycles. The van der Waals surface area contributed by atoms with Crippen molar-refractivity contribution in [3.63, 3.8) is 0 Å². The van der Waals surface area contributed by atoms with Crippen molar-refractivity contribution in [2.75, 3.05) is 39.3 Å². The molecule has 0 radical (unpaired) electrons. The van der Waals surface area contributed by atoms with Crippen LogP contribution in [-0.2, 0) is 9.53 Å². The number of rotatable bonds is 4. The zero-order valence-corrected chi connectivity index (χ0v) is 16.9. The summed E-state index contributed by atoms with van der Waals surface area (Å²) in [5.41, 5.74) is 0.566. The number of carbonyl (C=O) groups is 1. The Labute approximate surface area is 154 Å². The summed E-state index contributed by atoms with van der Waals surface area (Å²) in [5.74, 6) is 0.636. The fourth-order valence-corrected chi connectivity index (χ4v) is 5.67. The highest BCUT2D eigenvalue weighted by molar-refractivity contribution is 5.79. The Bertz CT molecular complexity index is 445. The van der Waals surface area contributed by atoms with Crippen LogP contribution in [0.1, 0.15) is 66.2 Å². The molecule has 4 nitrogen and oxygen atoms in total. The van der Waals surface area contributed by atoms with E-state index in [2.05, 4.69) is 37.5 Å². The summed E-state index contributed by atoms with van der Waals surface area (Å²) < 4.78 is 5.73. The highest BCUT2D eigenvalue weighted by Gasteiger charge is 2.42. The van der Waals surface area contributed by atoms with E-state index < -0.39 is 0 Å².